The van der Waals surface area contributed by atoms with Crippen molar-refractivity contribution in [2.24, 2.45) is 0 Å². The molecule has 0 radical (unpaired) electrons. The summed E-state index contributed by atoms with van der Waals surface area (Å²) in [4.78, 5) is 26.4. The first-order valence-electron chi connectivity index (χ1n) is 9.02. The van der Waals surface area contributed by atoms with Gasteiger partial charge >= 0.3 is 12.0 Å². The number of unbranched alkanes of at least 4 members (excludes halogenated alkanes) is 7. The molecule has 0 bridgehead atoms. The molecule has 1 fully saturated rings. The number of rotatable bonds is 11. The number of urea groups is 1. The molecule has 0 unspecified atom stereocenters. The normalized spacial score (nSPS) is 15.6. The van der Waals surface area contributed by atoms with Crippen LogP contribution in [-0.4, -0.2) is 66.7 Å². The summed E-state index contributed by atoms with van der Waals surface area (Å²) in [6.07, 6.45) is 9.04. The predicted molar refractivity (Wildman–Crippen MR) is 91.7 cm³/mol. The van der Waals surface area contributed by atoms with E-state index in [2.05, 4.69) is 17.3 Å². The number of piperazine rings is 1. The van der Waals surface area contributed by atoms with Crippen LogP contribution in [0.2, 0.25) is 0 Å². The molecule has 0 spiro atoms. The lowest BCUT2D eigenvalue weighted by molar-refractivity contribution is -0.137. The van der Waals surface area contributed by atoms with E-state index in [-0.39, 0.29) is 6.03 Å². The van der Waals surface area contributed by atoms with E-state index in [1.165, 1.54) is 19.3 Å². The highest BCUT2D eigenvalue weighted by Crippen LogP contribution is 2.09. The molecule has 2 N–H and O–H groups in total. The molecule has 23 heavy (non-hydrogen) atoms. The summed E-state index contributed by atoms with van der Waals surface area (Å²) in [6, 6.07) is 0.0801. The summed E-state index contributed by atoms with van der Waals surface area (Å²) < 4.78 is 0. The van der Waals surface area contributed by atoms with Crippen molar-refractivity contribution in [3.05, 3.63) is 0 Å². The number of carboxylic acids is 1. The summed E-state index contributed by atoms with van der Waals surface area (Å²) in [6.45, 7) is 4.33. The Balaban J connectivity index is 1.84. The molecule has 6 nitrogen and oxygen atoms in total. The quantitative estimate of drug-likeness (QED) is 0.572. The average molecular weight is 327 g/mol. The number of nitrogens with one attached hydrogen (secondary N) is 1. The third kappa shape index (κ3) is 10.2. The number of nitrogens with zero attached hydrogens (tertiary/aromatic N) is 2. The Bertz CT molecular complexity index is 342. The molecule has 0 aromatic rings. The van der Waals surface area contributed by atoms with Crippen LogP contribution < -0.4 is 5.32 Å². The van der Waals surface area contributed by atoms with Crippen molar-refractivity contribution in [1.29, 1.82) is 0 Å². The van der Waals surface area contributed by atoms with Gasteiger partial charge in [0.25, 0.3) is 0 Å². The van der Waals surface area contributed by atoms with Crippen molar-refractivity contribution in [3.63, 3.8) is 0 Å². The molecular weight excluding hydrogens is 294 g/mol. The fraction of sp³-hybridized carbons (Fsp3) is 0.882. The van der Waals surface area contributed by atoms with Crippen LogP contribution in [0.4, 0.5) is 4.79 Å². The Morgan fingerprint density at radius 3 is 1.96 bits per heavy atom. The summed E-state index contributed by atoms with van der Waals surface area (Å²) in [7, 11) is 2.08. The van der Waals surface area contributed by atoms with Crippen molar-refractivity contribution in [1.82, 2.24) is 15.1 Å². The number of aliphatic carboxylic acids is 1. The van der Waals surface area contributed by atoms with Gasteiger partial charge in [-0.05, 0) is 19.9 Å². The highest BCUT2D eigenvalue weighted by atomic mass is 16.4. The first-order valence-corrected chi connectivity index (χ1v) is 9.02. The summed E-state index contributed by atoms with van der Waals surface area (Å²) >= 11 is 0. The maximum atomic E-state index is 11.9. The first kappa shape index (κ1) is 19.7. The molecule has 1 saturated heterocycles. The number of carbonyl (C=O) groups is 2. The molecule has 0 aliphatic carbocycles. The highest BCUT2D eigenvalue weighted by Gasteiger charge is 2.17. The van der Waals surface area contributed by atoms with Crippen LogP contribution in [0.15, 0.2) is 0 Å². The molecule has 6 heteroatoms. The van der Waals surface area contributed by atoms with E-state index in [4.69, 9.17) is 5.11 Å². The number of carbonyl (C=O) groups excluding carboxylic acids is 1. The standard InChI is InChI=1S/C17H33N3O3/c1-19-12-14-20(15-13-19)17(23)18-11-9-7-5-3-2-4-6-8-10-16(21)22/h2-15H2,1H3,(H,18,23)(H,21,22). The SMILES string of the molecule is CN1CCN(C(=O)NCCCCCCCCCCC(=O)O)CC1. The lowest BCUT2D eigenvalue weighted by atomic mass is 10.1. The van der Waals surface area contributed by atoms with E-state index in [0.29, 0.717) is 6.42 Å². The van der Waals surface area contributed by atoms with E-state index in [9.17, 15) is 9.59 Å². The van der Waals surface area contributed by atoms with E-state index >= 15 is 0 Å². The number of hydrogen-bond acceptors (Lipinski definition) is 3. The van der Waals surface area contributed by atoms with E-state index in [1.807, 2.05) is 4.90 Å². The van der Waals surface area contributed by atoms with Crippen molar-refractivity contribution >= 4 is 12.0 Å². The molecule has 134 valence electrons. The van der Waals surface area contributed by atoms with Gasteiger partial charge in [-0.1, -0.05) is 38.5 Å². The topological polar surface area (TPSA) is 72.9 Å². The monoisotopic (exact) mass is 327 g/mol. The minimum absolute atomic E-state index is 0.0801. The van der Waals surface area contributed by atoms with Gasteiger partial charge < -0.3 is 20.2 Å². The van der Waals surface area contributed by atoms with Gasteiger partial charge in [-0.3, -0.25) is 4.79 Å². The Morgan fingerprint density at radius 2 is 1.39 bits per heavy atom. The van der Waals surface area contributed by atoms with Gasteiger partial charge in [0.15, 0.2) is 0 Å². The molecule has 2 amide bonds. The van der Waals surface area contributed by atoms with Crippen LogP contribution in [-0.2, 0) is 4.79 Å². The van der Waals surface area contributed by atoms with E-state index < -0.39 is 5.97 Å². The highest BCUT2D eigenvalue weighted by molar-refractivity contribution is 5.74. The molecule has 0 aromatic heterocycles. The molecule has 1 rings (SSSR count). The van der Waals surface area contributed by atoms with Crippen molar-refractivity contribution in [3.8, 4) is 0 Å². The van der Waals surface area contributed by atoms with Crippen LogP contribution in [0.1, 0.15) is 57.8 Å². The van der Waals surface area contributed by atoms with Gasteiger partial charge in [0.2, 0.25) is 0 Å². The van der Waals surface area contributed by atoms with Gasteiger partial charge in [-0.2, -0.15) is 0 Å². The zero-order valence-electron chi connectivity index (χ0n) is 14.6. The maximum Gasteiger partial charge on any atom is 0.317 e. The summed E-state index contributed by atoms with van der Waals surface area (Å²) in [5, 5.41) is 11.5. The fourth-order valence-electron chi connectivity index (χ4n) is 2.78. The third-order valence-corrected chi connectivity index (χ3v) is 4.38. The molecule has 0 saturated carbocycles. The number of likely N-dealkylation sites (N-methyl/N-ethyl adjacent to an activating group) is 1. The van der Waals surface area contributed by atoms with Crippen LogP contribution >= 0.6 is 0 Å². The lowest BCUT2D eigenvalue weighted by Crippen LogP contribution is -2.50. The first-order chi connectivity index (χ1) is 11.1. The Hall–Kier alpha value is -1.30. The van der Waals surface area contributed by atoms with Gasteiger partial charge in [0.1, 0.15) is 0 Å². The van der Waals surface area contributed by atoms with E-state index in [1.54, 1.807) is 0 Å². The van der Waals surface area contributed by atoms with Gasteiger partial charge in [0.05, 0.1) is 0 Å². The second kappa shape index (κ2) is 12.2. The smallest absolute Gasteiger partial charge is 0.317 e. The third-order valence-electron chi connectivity index (χ3n) is 4.38. The van der Waals surface area contributed by atoms with Gasteiger partial charge in [-0.15, -0.1) is 0 Å². The molecular formula is C17H33N3O3. The van der Waals surface area contributed by atoms with Crippen LogP contribution in [0, 0.1) is 0 Å². The Kier molecular flexibility index (Phi) is 10.4. The predicted octanol–water partition coefficient (Wildman–Crippen LogP) is 2.54. The Labute approximate surface area is 140 Å². The number of amides is 2. The fourth-order valence-corrected chi connectivity index (χ4v) is 2.78. The molecule has 1 heterocycles. The van der Waals surface area contributed by atoms with Crippen molar-refractivity contribution < 1.29 is 14.7 Å². The van der Waals surface area contributed by atoms with E-state index in [0.717, 1.165) is 64.8 Å². The minimum Gasteiger partial charge on any atom is -0.481 e. The molecule has 0 aromatic carbocycles. The number of hydrogen-bond donors (Lipinski definition) is 2. The van der Waals surface area contributed by atoms with Crippen LogP contribution in [0.25, 0.3) is 0 Å². The zero-order valence-corrected chi connectivity index (χ0v) is 14.6. The summed E-state index contributed by atoms with van der Waals surface area (Å²) in [5.74, 6) is -0.691. The van der Waals surface area contributed by atoms with Crippen LogP contribution in [0.5, 0.6) is 0 Å². The molecule has 0 atom stereocenters. The zero-order chi connectivity index (χ0) is 16.9. The van der Waals surface area contributed by atoms with Crippen molar-refractivity contribution in [2.75, 3.05) is 39.8 Å². The molecule has 1 aliphatic heterocycles. The lowest BCUT2D eigenvalue weighted by Gasteiger charge is -2.32. The van der Waals surface area contributed by atoms with Gasteiger partial charge in [-0.25, -0.2) is 4.79 Å². The minimum atomic E-state index is -0.691. The average Bonchev–Trinajstić information content (AvgIpc) is 2.52. The second-order valence-corrected chi connectivity index (χ2v) is 6.49. The van der Waals surface area contributed by atoms with Gasteiger partial charge in [0, 0.05) is 39.1 Å². The maximum absolute atomic E-state index is 11.9. The molecule has 1 aliphatic rings. The largest absolute Gasteiger partial charge is 0.481 e. The van der Waals surface area contributed by atoms with Crippen molar-refractivity contribution in [2.45, 2.75) is 57.8 Å². The number of carboxylic acid groups (broad SMARTS) is 1. The van der Waals surface area contributed by atoms with Crippen LogP contribution in [0.3, 0.4) is 0 Å². The summed E-state index contributed by atoms with van der Waals surface area (Å²) in [5.41, 5.74) is 0. The Morgan fingerprint density at radius 1 is 0.870 bits per heavy atom. The second-order valence-electron chi connectivity index (χ2n) is 6.49.